The third-order valence-corrected chi connectivity index (χ3v) is 4.08. The van der Waals surface area contributed by atoms with Crippen LogP contribution in [0.1, 0.15) is 25.5 Å². The van der Waals surface area contributed by atoms with Crippen molar-refractivity contribution in [2.45, 2.75) is 32.2 Å². The van der Waals surface area contributed by atoms with Crippen molar-refractivity contribution in [3.8, 4) is 0 Å². The van der Waals surface area contributed by atoms with E-state index in [2.05, 4.69) is 10.3 Å². The number of hydrogen-bond donors (Lipinski definition) is 2. The predicted octanol–water partition coefficient (Wildman–Crippen LogP) is 3.21. The Hall–Kier alpha value is -2.10. The van der Waals surface area contributed by atoms with Gasteiger partial charge in [0.15, 0.2) is 0 Å². The van der Waals surface area contributed by atoms with Crippen LogP contribution in [0, 0.1) is 12.8 Å². The summed E-state index contributed by atoms with van der Waals surface area (Å²) in [6.45, 7) is 3.70. The molecule has 104 valence electrons. The van der Waals surface area contributed by atoms with Crippen LogP contribution in [0.25, 0.3) is 10.9 Å². The maximum atomic E-state index is 11.6. The lowest BCUT2D eigenvalue weighted by molar-refractivity contribution is -0.142. The summed E-state index contributed by atoms with van der Waals surface area (Å²) in [5.74, 6) is -0.592. The van der Waals surface area contributed by atoms with Crippen LogP contribution in [0.2, 0.25) is 0 Å². The number of carboxylic acids is 1. The van der Waals surface area contributed by atoms with Gasteiger partial charge in [0.2, 0.25) is 0 Å². The van der Waals surface area contributed by atoms with Crippen LogP contribution >= 0.6 is 0 Å². The molecule has 1 atom stereocenters. The second kappa shape index (κ2) is 4.47. The zero-order valence-corrected chi connectivity index (χ0v) is 11.7. The molecule has 20 heavy (non-hydrogen) atoms. The molecule has 1 aliphatic rings. The Bertz CT molecular complexity index is 679. The number of nitrogens with one attached hydrogen (secondary N) is 1. The summed E-state index contributed by atoms with van der Waals surface area (Å²) >= 11 is 0. The molecule has 0 radical (unpaired) electrons. The number of carboxylic acid groups (broad SMARTS) is 1. The van der Waals surface area contributed by atoms with Crippen molar-refractivity contribution in [2.24, 2.45) is 5.92 Å². The minimum Gasteiger partial charge on any atom is -0.480 e. The average Bonchev–Trinajstić information content (AvgIpc) is 3.22. The van der Waals surface area contributed by atoms with E-state index in [0.717, 1.165) is 35.1 Å². The van der Waals surface area contributed by atoms with Crippen LogP contribution in [0.15, 0.2) is 30.3 Å². The molecule has 1 aromatic carbocycles. The van der Waals surface area contributed by atoms with Gasteiger partial charge in [-0.05, 0) is 44.7 Å². The molecule has 1 aromatic heterocycles. The topological polar surface area (TPSA) is 62.2 Å². The second-order valence-corrected chi connectivity index (χ2v) is 5.74. The van der Waals surface area contributed by atoms with Gasteiger partial charge < -0.3 is 10.4 Å². The SMILES string of the molecule is Cc1cc(NC(C)(C(=O)O)C2CC2)c2ccccc2n1. The largest absolute Gasteiger partial charge is 0.480 e. The zero-order valence-electron chi connectivity index (χ0n) is 11.7. The lowest BCUT2D eigenvalue weighted by Crippen LogP contribution is -2.45. The summed E-state index contributed by atoms with van der Waals surface area (Å²) in [6, 6.07) is 9.73. The Morgan fingerprint density at radius 1 is 1.40 bits per heavy atom. The Balaban J connectivity index is 2.08. The Morgan fingerprint density at radius 3 is 2.75 bits per heavy atom. The molecule has 2 N–H and O–H groups in total. The first-order valence-corrected chi connectivity index (χ1v) is 6.88. The minimum absolute atomic E-state index is 0.201. The highest BCUT2D eigenvalue weighted by atomic mass is 16.4. The first kappa shape index (κ1) is 12.9. The number of aromatic nitrogens is 1. The van der Waals surface area contributed by atoms with Crippen molar-refractivity contribution in [3.63, 3.8) is 0 Å². The summed E-state index contributed by atoms with van der Waals surface area (Å²) in [7, 11) is 0. The normalized spacial score (nSPS) is 17.7. The molecule has 1 unspecified atom stereocenters. The number of hydrogen-bond acceptors (Lipinski definition) is 3. The summed E-state index contributed by atoms with van der Waals surface area (Å²) in [5, 5.41) is 13.8. The summed E-state index contributed by atoms with van der Waals surface area (Å²) in [4.78, 5) is 16.1. The number of fused-ring (bicyclic) bond motifs is 1. The van der Waals surface area contributed by atoms with E-state index in [9.17, 15) is 9.90 Å². The van der Waals surface area contributed by atoms with E-state index < -0.39 is 11.5 Å². The van der Waals surface area contributed by atoms with Gasteiger partial charge >= 0.3 is 5.97 Å². The Morgan fingerprint density at radius 2 is 2.10 bits per heavy atom. The van der Waals surface area contributed by atoms with Gasteiger partial charge in [-0.25, -0.2) is 4.79 Å². The van der Waals surface area contributed by atoms with E-state index in [0.29, 0.717) is 0 Å². The maximum absolute atomic E-state index is 11.6. The number of para-hydroxylation sites is 1. The summed E-state index contributed by atoms with van der Waals surface area (Å²) in [5.41, 5.74) is 1.72. The van der Waals surface area contributed by atoms with Gasteiger partial charge in [-0.15, -0.1) is 0 Å². The fourth-order valence-electron chi connectivity index (χ4n) is 2.68. The van der Waals surface area contributed by atoms with Crippen LogP contribution in [-0.2, 0) is 4.79 Å². The molecule has 0 aliphatic heterocycles. The third kappa shape index (κ3) is 2.11. The number of nitrogens with zero attached hydrogens (tertiary/aromatic N) is 1. The standard InChI is InChI=1S/C16H18N2O2/c1-10-9-14(12-5-3-4-6-13(12)17-10)18-16(2,15(19)20)11-7-8-11/h3-6,9,11H,7-8H2,1-2H3,(H,17,18)(H,19,20). The van der Waals surface area contributed by atoms with Crippen molar-refractivity contribution < 1.29 is 9.90 Å². The van der Waals surface area contributed by atoms with Crippen LogP contribution in [0.3, 0.4) is 0 Å². The number of carbonyl (C=O) groups is 1. The molecule has 0 amide bonds. The van der Waals surface area contributed by atoms with Gasteiger partial charge in [-0.2, -0.15) is 0 Å². The number of anilines is 1. The average molecular weight is 270 g/mol. The second-order valence-electron chi connectivity index (χ2n) is 5.74. The summed E-state index contributed by atoms with van der Waals surface area (Å²) in [6.07, 6.45) is 1.94. The molecule has 0 spiro atoms. The van der Waals surface area contributed by atoms with Gasteiger partial charge in [-0.3, -0.25) is 4.98 Å². The molecule has 0 saturated heterocycles. The zero-order chi connectivity index (χ0) is 14.3. The smallest absolute Gasteiger partial charge is 0.329 e. The van der Waals surface area contributed by atoms with Crippen molar-refractivity contribution in [3.05, 3.63) is 36.0 Å². The number of rotatable bonds is 4. The number of aliphatic carboxylic acids is 1. The molecule has 1 heterocycles. The molecule has 4 nitrogen and oxygen atoms in total. The van der Waals surface area contributed by atoms with Crippen molar-refractivity contribution in [1.82, 2.24) is 4.98 Å². The van der Waals surface area contributed by atoms with Crippen molar-refractivity contribution in [2.75, 3.05) is 5.32 Å². The van der Waals surface area contributed by atoms with Crippen LogP contribution < -0.4 is 5.32 Å². The van der Waals surface area contributed by atoms with Gasteiger partial charge in [0.1, 0.15) is 5.54 Å². The van der Waals surface area contributed by atoms with Gasteiger partial charge in [-0.1, -0.05) is 18.2 Å². The van der Waals surface area contributed by atoms with Crippen LogP contribution in [0.5, 0.6) is 0 Å². The van der Waals surface area contributed by atoms with E-state index in [-0.39, 0.29) is 5.92 Å². The van der Waals surface area contributed by atoms with Gasteiger partial charge in [0, 0.05) is 16.8 Å². The van der Waals surface area contributed by atoms with Gasteiger partial charge in [0.05, 0.1) is 5.52 Å². The molecule has 1 aliphatic carbocycles. The fourth-order valence-corrected chi connectivity index (χ4v) is 2.68. The third-order valence-electron chi connectivity index (χ3n) is 4.08. The van der Waals surface area contributed by atoms with Gasteiger partial charge in [0.25, 0.3) is 0 Å². The lowest BCUT2D eigenvalue weighted by Gasteiger charge is -2.28. The van der Waals surface area contributed by atoms with Crippen molar-refractivity contribution >= 4 is 22.6 Å². The highest BCUT2D eigenvalue weighted by Crippen LogP contribution is 2.42. The molecule has 1 saturated carbocycles. The molecule has 0 bridgehead atoms. The lowest BCUT2D eigenvalue weighted by atomic mass is 9.95. The number of benzene rings is 1. The molecular weight excluding hydrogens is 252 g/mol. The number of pyridine rings is 1. The fraction of sp³-hybridized carbons (Fsp3) is 0.375. The van der Waals surface area contributed by atoms with E-state index in [1.165, 1.54) is 0 Å². The van der Waals surface area contributed by atoms with E-state index >= 15 is 0 Å². The highest BCUT2D eigenvalue weighted by molar-refractivity contribution is 5.94. The van der Waals surface area contributed by atoms with E-state index in [1.807, 2.05) is 37.3 Å². The monoisotopic (exact) mass is 270 g/mol. The van der Waals surface area contributed by atoms with E-state index in [4.69, 9.17) is 0 Å². The molecule has 3 rings (SSSR count). The first-order chi connectivity index (χ1) is 9.50. The Labute approximate surface area is 117 Å². The summed E-state index contributed by atoms with van der Waals surface area (Å²) < 4.78 is 0. The maximum Gasteiger partial charge on any atom is 0.329 e. The molecule has 4 heteroatoms. The van der Waals surface area contributed by atoms with E-state index in [1.54, 1.807) is 6.92 Å². The predicted molar refractivity (Wildman–Crippen MR) is 78.9 cm³/mol. The van der Waals surface area contributed by atoms with Crippen LogP contribution in [0.4, 0.5) is 5.69 Å². The molecule has 2 aromatic rings. The van der Waals surface area contributed by atoms with Crippen molar-refractivity contribution in [1.29, 1.82) is 0 Å². The molecular formula is C16H18N2O2. The highest BCUT2D eigenvalue weighted by Gasteiger charge is 2.47. The number of aryl methyl sites for hydroxylation is 1. The quantitative estimate of drug-likeness (QED) is 0.895. The Kier molecular flexibility index (Phi) is 2.89. The first-order valence-electron chi connectivity index (χ1n) is 6.88. The minimum atomic E-state index is -0.906. The molecule has 1 fully saturated rings. The van der Waals surface area contributed by atoms with Crippen LogP contribution in [-0.4, -0.2) is 21.6 Å².